The van der Waals surface area contributed by atoms with E-state index in [0.717, 1.165) is 12.0 Å². The van der Waals surface area contributed by atoms with Crippen molar-refractivity contribution >= 4 is 6.03 Å². The van der Waals surface area contributed by atoms with E-state index in [4.69, 9.17) is 9.47 Å². The molecule has 19 heavy (non-hydrogen) atoms. The van der Waals surface area contributed by atoms with Crippen molar-refractivity contribution in [3.8, 4) is 0 Å². The van der Waals surface area contributed by atoms with Crippen LogP contribution in [0.5, 0.6) is 0 Å². The van der Waals surface area contributed by atoms with Gasteiger partial charge in [-0.05, 0) is 12.0 Å². The molecule has 0 aromatic carbocycles. The fraction of sp³-hybridized carbons (Fsp3) is 0.667. The van der Waals surface area contributed by atoms with Crippen LogP contribution in [0.3, 0.4) is 0 Å². The zero-order chi connectivity index (χ0) is 13.5. The van der Waals surface area contributed by atoms with E-state index >= 15 is 0 Å². The number of carbonyl (C=O) groups is 1. The topological polar surface area (TPSA) is 79.5 Å². The number of carbonyl (C=O) groups excluding carboxylic acids is 1. The zero-order valence-electron chi connectivity index (χ0n) is 11.1. The molecule has 1 aromatic heterocycles. The van der Waals surface area contributed by atoms with Gasteiger partial charge < -0.3 is 19.7 Å². The molecular formula is C12H20N4O3. The van der Waals surface area contributed by atoms with Crippen LogP contribution in [0.1, 0.15) is 5.56 Å². The first kappa shape index (κ1) is 13.8. The lowest BCUT2D eigenvalue weighted by atomic mass is 10.2. The molecule has 2 rings (SSSR count). The van der Waals surface area contributed by atoms with Crippen LogP contribution in [-0.4, -0.2) is 67.2 Å². The van der Waals surface area contributed by atoms with Crippen molar-refractivity contribution in [3.05, 3.63) is 18.0 Å². The summed E-state index contributed by atoms with van der Waals surface area (Å²) in [7, 11) is 1.76. The van der Waals surface area contributed by atoms with E-state index in [1.54, 1.807) is 18.1 Å². The lowest BCUT2D eigenvalue weighted by Crippen LogP contribution is -2.45. The maximum absolute atomic E-state index is 11.8. The molecule has 1 atom stereocenters. The molecule has 2 N–H and O–H groups in total. The number of urea groups is 1. The molecule has 1 fully saturated rings. The largest absolute Gasteiger partial charge is 0.376 e. The van der Waals surface area contributed by atoms with Gasteiger partial charge in [-0.15, -0.1) is 0 Å². The summed E-state index contributed by atoms with van der Waals surface area (Å²) in [5.74, 6) is 0. The number of H-pyrrole nitrogens is 1. The molecule has 2 amide bonds. The van der Waals surface area contributed by atoms with E-state index in [1.165, 1.54) is 0 Å². The molecular weight excluding hydrogens is 248 g/mol. The Labute approximate surface area is 112 Å². The minimum Gasteiger partial charge on any atom is -0.376 e. The van der Waals surface area contributed by atoms with Gasteiger partial charge in [0.2, 0.25) is 0 Å². The van der Waals surface area contributed by atoms with Crippen LogP contribution in [-0.2, 0) is 15.9 Å². The number of amides is 2. The van der Waals surface area contributed by atoms with Crippen molar-refractivity contribution in [2.24, 2.45) is 0 Å². The molecule has 1 aromatic rings. The molecule has 1 saturated heterocycles. The minimum atomic E-state index is -0.0994. The summed E-state index contributed by atoms with van der Waals surface area (Å²) >= 11 is 0. The molecule has 1 aliphatic rings. The van der Waals surface area contributed by atoms with Gasteiger partial charge in [0.1, 0.15) is 0 Å². The van der Waals surface area contributed by atoms with Crippen LogP contribution in [0, 0.1) is 0 Å². The van der Waals surface area contributed by atoms with E-state index < -0.39 is 0 Å². The number of nitrogens with one attached hydrogen (secondary N) is 2. The zero-order valence-corrected chi connectivity index (χ0v) is 11.1. The van der Waals surface area contributed by atoms with Crippen LogP contribution in [0.4, 0.5) is 4.79 Å². The fourth-order valence-electron chi connectivity index (χ4n) is 1.89. The highest BCUT2D eigenvalue weighted by atomic mass is 16.6. The summed E-state index contributed by atoms with van der Waals surface area (Å²) in [6.07, 6.45) is 4.31. The number of hydrogen-bond acceptors (Lipinski definition) is 4. The van der Waals surface area contributed by atoms with Crippen LogP contribution in [0.25, 0.3) is 0 Å². The summed E-state index contributed by atoms with van der Waals surface area (Å²) in [4.78, 5) is 13.5. The van der Waals surface area contributed by atoms with Crippen molar-refractivity contribution in [2.45, 2.75) is 12.5 Å². The average Bonchev–Trinajstić information content (AvgIpc) is 2.93. The highest BCUT2D eigenvalue weighted by Gasteiger charge is 2.18. The Morgan fingerprint density at radius 1 is 1.63 bits per heavy atom. The van der Waals surface area contributed by atoms with E-state index in [-0.39, 0.29) is 12.1 Å². The molecule has 106 valence electrons. The normalized spacial score (nSPS) is 19.1. The van der Waals surface area contributed by atoms with Gasteiger partial charge in [0.15, 0.2) is 0 Å². The number of aromatic amines is 1. The van der Waals surface area contributed by atoms with E-state index in [1.807, 2.05) is 6.20 Å². The highest BCUT2D eigenvalue weighted by molar-refractivity contribution is 5.73. The minimum absolute atomic E-state index is 0.0293. The van der Waals surface area contributed by atoms with Gasteiger partial charge in [0, 0.05) is 19.8 Å². The summed E-state index contributed by atoms with van der Waals surface area (Å²) in [5.41, 5.74) is 1.08. The molecule has 1 unspecified atom stereocenters. The van der Waals surface area contributed by atoms with E-state index in [2.05, 4.69) is 15.5 Å². The van der Waals surface area contributed by atoms with Crippen molar-refractivity contribution in [3.63, 3.8) is 0 Å². The first-order valence-electron chi connectivity index (χ1n) is 6.41. The molecule has 0 spiro atoms. The number of aromatic nitrogens is 2. The Kier molecular flexibility index (Phi) is 5.17. The molecule has 0 bridgehead atoms. The van der Waals surface area contributed by atoms with Crippen LogP contribution in [0.15, 0.2) is 12.4 Å². The summed E-state index contributed by atoms with van der Waals surface area (Å²) in [6.45, 7) is 2.91. The Morgan fingerprint density at radius 3 is 3.21 bits per heavy atom. The second-order valence-electron chi connectivity index (χ2n) is 4.54. The van der Waals surface area contributed by atoms with Gasteiger partial charge in [0.05, 0.1) is 38.7 Å². The lowest BCUT2D eigenvalue weighted by molar-refractivity contribution is -0.0928. The number of rotatable bonds is 5. The van der Waals surface area contributed by atoms with E-state index in [9.17, 15) is 4.79 Å². The third-order valence-electron chi connectivity index (χ3n) is 2.95. The van der Waals surface area contributed by atoms with Crippen LogP contribution >= 0.6 is 0 Å². The average molecular weight is 268 g/mol. The van der Waals surface area contributed by atoms with Crippen molar-refractivity contribution in [1.82, 2.24) is 20.4 Å². The lowest BCUT2D eigenvalue weighted by Gasteiger charge is -2.27. The molecule has 0 saturated carbocycles. The van der Waals surface area contributed by atoms with Crippen LogP contribution < -0.4 is 5.32 Å². The fourth-order valence-corrected chi connectivity index (χ4v) is 1.89. The second kappa shape index (κ2) is 7.10. The summed E-state index contributed by atoms with van der Waals surface area (Å²) in [6, 6.07) is -0.0994. The first-order chi connectivity index (χ1) is 9.25. The molecule has 1 aliphatic heterocycles. The third-order valence-corrected chi connectivity index (χ3v) is 2.95. The van der Waals surface area contributed by atoms with Gasteiger partial charge in [-0.3, -0.25) is 5.10 Å². The van der Waals surface area contributed by atoms with Gasteiger partial charge in [0.25, 0.3) is 0 Å². The highest BCUT2D eigenvalue weighted by Crippen LogP contribution is 2.02. The number of ether oxygens (including phenoxy) is 2. The predicted molar refractivity (Wildman–Crippen MR) is 68.9 cm³/mol. The van der Waals surface area contributed by atoms with Gasteiger partial charge in [-0.2, -0.15) is 5.10 Å². The molecule has 0 radical (unpaired) electrons. The SMILES string of the molecule is CN(CC1COCCO1)C(=O)NCCc1cn[nH]c1. The Hall–Kier alpha value is -1.60. The van der Waals surface area contributed by atoms with E-state index in [0.29, 0.717) is 32.9 Å². The third kappa shape index (κ3) is 4.53. The maximum Gasteiger partial charge on any atom is 0.317 e. The summed E-state index contributed by atoms with van der Waals surface area (Å²) < 4.78 is 10.8. The monoisotopic (exact) mass is 268 g/mol. The quantitative estimate of drug-likeness (QED) is 0.788. The predicted octanol–water partition coefficient (Wildman–Crippen LogP) is 0.00900. The smallest absolute Gasteiger partial charge is 0.317 e. The van der Waals surface area contributed by atoms with Gasteiger partial charge in [-0.25, -0.2) is 4.79 Å². The van der Waals surface area contributed by atoms with Gasteiger partial charge in [-0.1, -0.05) is 0 Å². The molecule has 0 aliphatic carbocycles. The number of likely N-dealkylation sites (N-methyl/N-ethyl adjacent to an activating group) is 1. The second-order valence-corrected chi connectivity index (χ2v) is 4.54. The van der Waals surface area contributed by atoms with Crippen molar-refractivity contribution < 1.29 is 14.3 Å². The molecule has 7 heteroatoms. The molecule has 2 heterocycles. The Bertz CT molecular complexity index is 376. The number of hydrogen-bond donors (Lipinski definition) is 2. The molecule has 7 nitrogen and oxygen atoms in total. The van der Waals surface area contributed by atoms with Crippen LogP contribution in [0.2, 0.25) is 0 Å². The Balaban J connectivity index is 1.64. The summed E-state index contributed by atoms with van der Waals surface area (Å²) in [5, 5.41) is 9.45. The first-order valence-corrected chi connectivity index (χ1v) is 6.41. The van der Waals surface area contributed by atoms with Crippen molar-refractivity contribution in [1.29, 1.82) is 0 Å². The standard InChI is InChI=1S/C12H20N4O3/c1-16(8-11-9-18-4-5-19-11)12(17)13-3-2-10-6-14-15-7-10/h6-7,11H,2-5,8-9H2,1H3,(H,13,17)(H,14,15). The van der Waals surface area contributed by atoms with Gasteiger partial charge >= 0.3 is 6.03 Å². The maximum atomic E-state index is 11.8. The Morgan fingerprint density at radius 2 is 2.53 bits per heavy atom. The van der Waals surface area contributed by atoms with Crippen molar-refractivity contribution in [2.75, 3.05) is 40.0 Å². The number of nitrogens with zero attached hydrogens (tertiary/aromatic N) is 2.